The number of pyridine rings is 2. The Balaban J connectivity index is 0.000000211. The molecule has 0 radical (unpaired) electrons. The largest absolute Gasteiger partial charge is 0.481 e. The number of hydrogen-bond donors (Lipinski definition) is 1. The molecule has 0 aliphatic carbocycles. The average Bonchev–Trinajstić information content (AvgIpc) is 3.09. The molecule has 2 unspecified atom stereocenters. The molecule has 7 nitrogen and oxygen atoms in total. The van der Waals surface area contributed by atoms with E-state index in [1.165, 1.54) is 32.9 Å². The van der Waals surface area contributed by atoms with Crippen molar-refractivity contribution in [2.24, 2.45) is 0 Å². The highest BCUT2D eigenvalue weighted by Gasteiger charge is 2.38. The fourth-order valence-electron chi connectivity index (χ4n) is 4.51. The summed E-state index contributed by atoms with van der Waals surface area (Å²) in [6.45, 7) is 10.1. The summed E-state index contributed by atoms with van der Waals surface area (Å²) in [6, 6.07) is 11.4. The van der Waals surface area contributed by atoms with E-state index in [2.05, 4.69) is 43.1 Å². The van der Waals surface area contributed by atoms with Gasteiger partial charge in [0.1, 0.15) is 6.04 Å². The molecule has 35 heavy (non-hydrogen) atoms. The van der Waals surface area contributed by atoms with E-state index >= 15 is 0 Å². The van der Waals surface area contributed by atoms with Gasteiger partial charge in [-0.05, 0) is 74.9 Å². The van der Waals surface area contributed by atoms with E-state index in [-0.39, 0.29) is 30.5 Å². The molecular weight excluding hydrogens is 442 g/mol. The van der Waals surface area contributed by atoms with Crippen LogP contribution in [-0.4, -0.2) is 44.0 Å². The van der Waals surface area contributed by atoms with Gasteiger partial charge in [-0.2, -0.15) is 0 Å². The molecule has 0 saturated carbocycles. The fraction of sp³-hybridized carbons (Fsp3) is 0.357. The molecule has 1 aromatic carbocycles. The van der Waals surface area contributed by atoms with E-state index in [0.717, 1.165) is 11.1 Å². The molecule has 7 heteroatoms. The Bertz CT molecular complexity index is 1250. The molecule has 1 aliphatic rings. The molecule has 1 N–H and O–H groups in total. The van der Waals surface area contributed by atoms with Gasteiger partial charge in [-0.25, -0.2) is 0 Å². The Hall–Kier alpha value is -3.74. The summed E-state index contributed by atoms with van der Waals surface area (Å²) in [4.78, 5) is 40.9. The van der Waals surface area contributed by atoms with Crippen LogP contribution in [0.4, 0.5) is 0 Å². The average molecular weight is 476 g/mol. The van der Waals surface area contributed by atoms with Crippen LogP contribution in [0.25, 0.3) is 11.1 Å². The molecule has 1 amide bonds. The number of aromatic nitrogens is 2. The number of benzene rings is 1. The SMILES string of the molecule is Cc1cc(=O)n(C2CC(C)N(CCC(=O)O)C2=O)cc1C.Cc1cccc(C)c1-c1cccnc1. The Kier molecular flexibility index (Phi) is 8.22. The second-order valence-electron chi connectivity index (χ2n) is 9.17. The van der Waals surface area contributed by atoms with Gasteiger partial charge >= 0.3 is 5.97 Å². The van der Waals surface area contributed by atoms with Gasteiger partial charge in [0, 0.05) is 42.8 Å². The van der Waals surface area contributed by atoms with E-state index in [9.17, 15) is 14.4 Å². The molecule has 2 aromatic heterocycles. The minimum Gasteiger partial charge on any atom is -0.481 e. The maximum Gasteiger partial charge on any atom is 0.305 e. The number of hydrogen-bond acceptors (Lipinski definition) is 4. The second kappa shape index (κ2) is 11.1. The number of aliphatic carboxylic acids is 1. The second-order valence-corrected chi connectivity index (χ2v) is 9.17. The third-order valence-corrected chi connectivity index (χ3v) is 6.55. The molecule has 1 saturated heterocycles. The highest BCUT2D eigenvalue weighted by molar-refractivity contribution is 5.83. The van der Waals surface area contributed by atoms with Crippen LogP contribution in [0.15, 0.2) is 59.8 Å². The van der Waals surface area contributed by atoms with Gasteiger partial charge in [-0.15, -0.1) is 0 Å². The standard InChI is InChI=1S/C15H20N2O4.C13H13N/c1-9-6-13(18)17(8-10(9)2)12-7-11(3)16(15(12)21)5-4-14(19)20;1-10-5-3-6-11(2)13(10)12-7-4-8-14-9-12/h6,8,11-12H,4-5,7H2,1-3H3,(H,19,20);3-9H,1-2H3. The monoisotopic (exact) mass is 475 g/mol. The van der Waals surface area contributed by atoms with Crippen LogP contribution < -0.4 is 5.56 Å². The van der Waals surface area contributed by atoms with Gasteiger partial charge in [-0.1, -0.05) is 24.3 Å². The highest BCUT2D eigenvalue weighted by Crippen LogP contribution is 2.28. The number of likely N-dealkylation sites (tertiary alicyclic amines) is 1. The molecule has 3 aromatic rings. The summed E-state index contributed by atoms with van der Waals surface area (Å²) < 4.78 is 1.47. The van der Waals surface area contributed by atoms with Gasteiger partial charge in [-0.3, -0.25) is 19.4 Å². The van der Waals surface area contributed by atoms with E-state index in [1.54, 1.807) is 17.3 Å². The minimum absolute atomic E-state index is 0.0599. The number of carbonyl (C=O) groups is 2. The summed E-state index contributed by atoms with van der Waals surface area (Å²) >= 11 is 0. The van der Waals surface area contributed by atoms with Crippen LogP contribution in [-0.2, 0) is 9.59 Å². The zero-order chi connectivity index (χ0) is 25.7. The number of amides is 1. The molecule has 0 bridgehead atoms. The van der Waals surface area contributed by atoms with Crippen molar-refractivity contribution >= 4 is 11.9 Å². The van der Waals surface area contributed by atoms with Crippen LogP contribution in [0.1, 0.15) is 48.1 Å². The van der Waals surface area contributed by atoms with Crippen molar-refractivity contribution in [2.75, 3.05) is 6.54 Å². The summed E-state index contributed by atoms with van der Waals surface area (Å²) in [5.41, 5.74) is 6.78. The lowest BCUT2D eigenvalue weighted by Crippen LogP contribution is -2.36. The van der Waals surface area contributed by atoms with Gasteiger partial charge in [0.05, 0.1) is 6.42 Å². The Morgan fingerprint density at radius 3 is 2.31 bits per heavy atom. The maximum atomic E-state index is 12.5. The van der Waals surface area contributed by atoms with Crippen molar-refractivity contribution in [3.63, 3.8) is 0 Å². The minimum atomic E-state index is -0.929. The molecule has 184 valence electrons. The van der Waals surface area contributed by atoms with Crippen molar-refractivity contribution in [3.8, 4) is 11.1 Å². The fourth-order valence-corrected chi connectivity index (χ4v) is 4.51. The molecular formula is C28H33N3O4. The first-order valence-electron chi connectivity index (χ1n) is 11.8. The van der Waals surface area contributed by atoms with E-state index in [1.807, 2.05) is 33.0 Å². The lowest BCUT2D eigenvalue weighted by Gasteiger charge is -2.20. The van der Waals surface area contributed by atoms with Crippen LogP contribution in [0.5, 0.6) is 0 Å². The normalized spacial score (nSPS) is 17.2. The van der Waals surface area contributed by atoms with Crippen molar-refractivity contribution in [3.05, 3.63) is 87.6 Å². The van der Waals surface area contributed by atoms with Crippen molar-refractivity contribution in [1.82, 2.24) is 14.5 Å². The molecule has 2 atom stereocenters. The predicted molar refractivity (Wildman–Crippen MR) is 136 cm³/mol. The number of carboxylic acid groups (broad SMARTS) is 1. The first-order chi connectivity index (χ1) is 16.6. The predicted octanol–water partition coefficient (Wildman–Crippen LogP) is 4.47. The molecule has 1 aliphatic heterocycles. The summed E-state index contributed by atoms with van der Waals surface area (Å²) in [5, 5.41) is 8.75. The number of carbonyl (C=O) groups excluding carboxylic acids is 1. The number of nitrogens with zero attached hydrogens (tertiary/aromatic N) is 3. The number of rotatable bonds is 5. The topological polar surface area (TPSA) is 92.5 Å². The smallest absolute Gasteiger partial charge is 0.305 e. The summed E-state index contributed by atoms with van der Waals surface area (Å²) in [5.74, 6) is -1.10. The van der Waals surface area contributed by atoms with Crippen LogP contribution in [0.3, 0.4) is 0 Å². The third kappa shape index (κ3) is 6.04. The van der Waals surface area contributed by atoms with Crippen molar-refractivity contribution in [2.45, 2.75) is 59.5 Å². The van der Waals surface area contributed by atoms with Crippen LogP contribution in [0, 0.1) is 27.7 Å². The first-order valence-corrected chi connectivity index (χ1v) is 11.8. The van der Waals surface area contributed by atoms with E-state index in [0.29, 0.717) is 6.42 Å². The summed E-state index contributed by atoms with van der Waals surface area (Å²) in [6.07, 6.45) is 5.88. The highest BCUT2D eigenvalue weighted by atomic mass is 16.4. The molecule has 3 heterocycles. The quantitative estimate of drug-likeness (QED) is 0.588. The third-order valence-electron chi connectivity index (χ3n) is 6.55. The Morgan fingerprint density at radius 2 is 1.71 bits per heavy atom. The Morgan fingerprint density at radius 1 is 1.03 bits per heavy atom. The summed E-state index contributed by atoms with van der Waals surface area (Å²) in [7, 11) is 0. The lowest BCUT2D eigenvalue weighted by atomic mass is 9.97. The number of aryl methyl sites for hydroxylation is 4. The van der Waals surface area contributed by atoms with E-state index in [4.69, 9.17) is 5.11 Å². The van der Waals surface area contributed by atoms with E-state index < -0.39 is 12.0 Å². The zero-order valence-corrected chi connectivity index (χ0v) is 21.0. The van der Waals surface area contributed by atoms with Crippen LogP contribution >= 0.6 is 0 Å². The van der Waals surface area contributed by atoms with Gasteiger partial charge in [0.15, 0.2) is 0 Å². The van der Waals surface area contributed by atoms with Gasteiger partial charge in [0.2, 0.25) is 5.91 Å². The molecule has 0 spiro atoms. The van der Waals surface area contributed by atoms with Gasteiger partial charge < -0.3 is 14.6 Å². The van der Waals surface area contributed by atoms with Crippen LogP contribution in [0.2, 0.25) is 0 Å². The first kappa shape index (κ1) is 25.9. The molecule has 1 fully saturated rings. The maximum absolute atomic E-state index is 12.5. The van der Waals surface area contributed by atoms with Crippen molar-refractivity contribution in [1.29, 1.82) is 0 Å². The lowest BCUT2D eigenvalue weighted by molar-refractivity contribution is -0.138. The van der Waals surface area contributed by atoms with Crippen molar-refractivity contribution < 1.29 is 14.7 Å². The Labute approximate surface area is 206 Å². The number of carboxylic acids is 1. The molecule has 4 rings (SSSR count). The van der Waals surface area contributed by atoms with Gasteiger partial charge in [0.25, 0.3) is 5.56 Å². The zero-order valence-electron chi connectivity index (χ0n) is 21.0.